The molecule has 152 valence electrons. The molecule has 1 aliphatic rings. The number of epoxide rings is 1. The fourth-order valence-corrected chi connectivity index (χ4v) is 4.53. The summed E-state index contributed by atoms with van der Waals surface area (Å²) in [7, 11) is -4.02. The summed E-state index contributed by atoms with van der Waals surface area (Å²) in [6.45, 7) is 8.41. The van der Waals surface area contributed by atoms with Crippen LogP contribution < -0.4 is 10.0 Å². The molecule has 0 radical (unpaired) electrons. The minimum absolute atomic E-state index is 0.202. The van der Waals surface area contributed by atoms with Crippen LogP contribution in [0, 0.1) is 25.5 Å². The van der Waals surface area contributed by atoms with Crippen molar-refractivity contribution in [3.8, 4) is 0 Å². The number of nitrogens with one attached hydrogen (secondary N) is 2. The summed E-state index contributed by atoms with van der Waals surface area (Å²) in [5.74, 6) is -1.13. The van der Waals surface area contributed by atoms with Crippen LogP contribution >= 0.6 is 0 Å². The lowest BCUT2D eigenvalue weighted by atomic mass is 10.0. The summed E-state index contributed by atoms with van der Waals surface area (Å²) in [6, 6.07) is 7.36. The minimum atomic E-state index is -4.02. The molecule has 1 saturated heterocycles. The highest BCUT2D eigenvalue weighted by atomic mass is 32.2. The molecular formula is C20H24F2N2O3S. The van der Waals surface area contributed by atoms with Crippen LogP contribution in [0.5, 0.6) is 0 Å². The zero-order valence-corrected chi connectivity index (χ0v) is 17.2. The number of halogens is 2. The Kier molecular flexibility index (Phi) is 5.24. The van der Waals surface area contributed by atoms with Gasteiger partial charge in [-0.05, 0) is 70.0 Å². The van der Waals surface area contributed by atoms with Gasteiger partial charge in [0.1, 0.15) is 22.6 Å². The number of hydrogen-bond donors (Lipinski definition) is 2. The maximum absolute atomic E-state index is 15.1. The van der Waals surface area contributed by atoms with Gasteiger partial charge in [0.2, 0.25) is 10.0 Å². The molecule has 0 saturated carbocycles. The highest BCUT2D eigenvalue weighted by Crippen LogP contribution is 2.43. The van der Waals surface area contributed by atoms with Gasteiger partial charge >= 0.3 is 0 Å². The summed E-state index contributed by atoms with van der Waals surface area (Å²) in [5.41, 5.74) is 1.18. The van der Waals surface area contributed by atoms with Gasteiger partial charge in [0.25, 0.3) is 0 Å². The summed E-state index contributed by atoms with van der Waals surface area (Å²) >= 11 is 0. The van der Waals surface area contributed by atoms with Crippen LogP contribution in [0.25, 0.3) is 0 Å². The third-order valence-electron chi connectivity index (χ3n) is 4.34. The van der Waals surface area contributed by atoms with Crippen molar-refractivity contribution in [2.24, 2.45) is 0 Å². The molecule has 0 bridgehead atoms. The number of benzene rings is 2. The van der Waals surface area contributed by atoms with E-state index in [4.69, 9.17) is 4.74 Å². The van der Waals surface area contributed by atoms with Crippen LogP contribution in [-0.4, -0.2) is 20.2 Å². The third-order valence-corrected chi connectivity index (χ3v) is 6.11. The molecule has 2 atom stereocenters. The zero-order valence-electron chi connectivity index (χ0n) is 16.4. The molecule has 2 unspecified atom stereocenters. The van der Waals surface area contributed by atoms with Crippen LogP contribution in [0.15, 0.2) is 35.2 Å². The molecule has 28 heavy (non-hydrogen) atoms. The Bertz CT molecular complexity index is 1020. The van der Waals surface area contributed by atoms with Gasteiger partial charge in [-0.25, -0.2) is 21.9 Å². The van der Waals surface area contributed by atoms with Crippen molar-refractivity contribution in [1.82, 2.24) is 4.72 Å². The number of hydrogen-bond acceptors (Lipinski definition) is 4. The number of rotatable bonds is 5. The standard InChI is InChI=1S/C20H24F2N2O3S/c1-11-6-9-15(28(25,26)24-20(3,4)5)17(22)16(11)18-19(27-18)23-13-7-8-14(21)12(2)10-13/h6-10,18-19,23-24H,1-5H3. The van der Waals surface area contributed by atoms with E-state index in [1.165, 1.54) is 12.1 Å². The SMILES string of the molecule is Cc1cc(NC2OC2c2c(C)ccc(S(=O)(=O)NC(C)(C)C)c2F)ccc1F. The van der Waals surface area contributed by atoms with E-state index < -0.39 is 38.6 Å². The van der Waals surface area contributed by atoms with Gasteiger partial charge in [-0.1, -0.05) is 6.07 Å². The molecule has 0 amide bonds. The fraction of sp³-hybridized carbons (Fsp3) is 0.400. The molecule has 1 aliphatic heterocycles. The molecule has 8 heteroatoms. The lowest BCUT2D eigenvalue weighted by molar-refractivity contribution is 0.379. The van der Waals surface area contributed by atoms with Crippen molar-refractivity contribution in [2.75, 3.05) is 5.32 Å². The first kappa shape index (κ1) is 20.7. The number of sulfonamides is 1. The van der Waals surface area contributed by atoms with E-state index in [0.717, 1.165) is 0 Å². The van der Waals surface area contributed by atoms with Crippen molar-refractivity contribution in [2.45, 2.75) is 57.4 Å². The van der Waals surface area contributed by atoms with Gasteiger partial charge in [-0.15, -0.1) is 0 Å². The zero-order chi connectivity index (χ0) is 20.9. The number of ether oxygens (including phenoxy) is 1. The van der Waals surface area contributed by atoms with E-state index in [9.17, 15) is 12.8 Å². The van der Waals surface area contributed by atoms with Gasteiger partial charge in [0, 0.05) is 16.8 Å². The van der Waals surface area contributed by atoms with E-state index in [1.54, 1.807) is 52.8 Å². The van der Waals surface area contributed by atoms with Gasteiger partial charge in [0.15, 0.2) is 6.23 Å². The topological polar surface area (TPSA) is 70.7 Å². The first-order valence-electron chi connectivity index (χ1n) is 8.90. The lowest BCUT2D eigenvalue weighted by Crippen LogP contribution is -2.40. The Morgan fingerprint density at radius 1 is 1.04 bits per heavy atom. The summed E-state index contributed by atoms with van der Waals surface area (Å²) < 4.78 is 61.7. The van der Waals surface area contributed by atoms with E-state index in [1.807, 2.05) is 0 Å². The Balaban J connectivity index is 1.86. The molecule has 2 aromatic carbocycles. The van der Waals surface area contributed by atoms with Crippen LogP contribution in [0.4, 0.5) is 14.5 Å². The van der Waals surface area contributed by atoms with Crippen molar-refractivity contribution in [3.63, 3.8) is 0 Å². The largest absolute Gasteiger partial charge is 0.358 e. The molecule has 0 spiro atoms. The first-order chi connectivity index (χ1) is 12.9. The highest BCUT2D eigenvalue weighted by Gasteiger charge is 2.44. The smallest absolute Gasteiger partial charge is 0.243 e. The average molecular weight is 410 g/mol. The highest BCUT2D eigenvalue weighted by molar-refractivity contribution is 7.89. The summed E-state index contributed by atoms with van der Waals surface area (Å²) in [4.78, 5) is -0.407. The van der Waals surface area contributed by atoms with Gasteiger partial charge in [-0.2, -0.15) is 0 Å². The van der Waals surface area contributed by atoms with Gasteiger partial charge < -0.3 is 10.1 Å². The number of aryl methyl sites for hydroxylation is 2. The van der Waals surface area contributed by atoms with Crippen LogP contribution in [0.2, 0.25) is 0 Å². The van der Waals surface area contributed by atoms with Crippen LogP contribution in [0.1, 0.15) is 43.6 Å². The molecule has 2 aromatic rings. The van der Waals surface area contributed by atoms with E-state index >= 15 is 4.39 Å². The van der Waals surface area contributed by atoms with Gasteiger partial charge in [-0.3, -0.25) is 0 Å². The van der Waals surface area contributed by atoms with E-state index in [-0.39, 0.29) is 11.4 Å². The van der Waals surface area contributed by atoms with Crippen LogP contribution in [0.3, 0.4) is 0 Å². The molecular weight excluding hydrogens is 386 g/mol. The van der Waals surface area contributed by atoms with Gasteiger partial charge in [0.05, 0.1) is 0 Å². The summed E-state index contributed by atoms with van der Waals surface area (Å²) in [5, 5.41) is 3.06. The average Bonchev–Trinajstić information content (AvgIpc) is 3.27. The predicted molar refractivity (Wildman–Crippen MR) is 104 cm³/mol. The van der Waals surface area contributed by atoms with Crippen LogP contribution in [-0.2, 0) is 14.8 Å². The third kappa shape index (κ3) is 4.34. The normalized spacial score (nSPS) is 19.5. The monoisotopic (exact) mass is 410 g/mol. The molecule has 0 aromatic heterocycles. The molecule has 1 fully saturated rings. The first-order valence-corrected chi connectivity index (χ1v) is 10.4. The second-order valence-electron chi connectivity index (χ2n) is 8.05. The molecule has 0 aliphatic carbocycles. The second kappa shape index (κ2) is 7.09. The molecule has 1 heterocycles. The van der Waals surface area contributed by atoms with Crippen molar-refractivity contribution < 1.29 is 21.9 Å². The van der Waals surface area contributed by atoms with Crippen molar-refractivity contribution in [1.29, 1.82) is 0 Å². The Hall–Kier alpha value is -2.03. The number of anilines is 1. The lowest BCUT2D eigenvalue weighted by Gasteiger charge is -2.21. The molecule has 5 nitrogen and oxygen atoms in total. The van der Waals surface area contributed by atoms with Crippen molar-refractivity contribution in [3.05, 3.63) is 58.7 Å². The maximum Gasteiger partial charge on any atom is 0.243 e. The second-order valence-corrected chi connectivity index (χ2v) is 9.70. The van der Waals surface area contributed by atoms with E-state index in [0.29, 0.717) is 16.8 Å². The predicted octanol–water partition coefficient (Wildman–Crippen LogP) is 4.17. The minimum Gasteiger partial charge on any atom is -0.358 e. The Labute approximate surface area is 164 Å². The summed E-state index contributed by atoms with van der Waals surface area (Å²) in [6.07, 6.45) is -1.15. The quantitative estimate of drug-likeness (QED) is 0.726. The maximum atomic E-state index is 15.1. The van der Waals surface area contributed by atoms with Crippen molar-refractivity contribution >= 4 is 15.7 Å². The molecule has 3 rings (SSSR count). The molecule has 2 N–H and O–H groups in total. The Morgan fingerprint density at radius 3 is 2.32 bits per heavy atom. The van der Waals surface area contributed by atoms with E-state index in [2.05, 4.69) is 10.0 Å². The fourth-order valence-electron chi connectivity index (χ4n) is 3.02. The Morgan fingerprint density at radius 2 is 1.71 bits per heavy atom.